The summed E-state index contributed by atoms with van der Waals surface area (Å²) < 4.78 is 25.2. The van der Waals surface area contributed by atoms with Gasteiger partial charge in [-0.3, -0.25) is 0 Å². The molecule has 0 amide bonds. The Morgan fingerprint density at radius 2 is 1.36 bits per heavy atom. The predicted molar refractivity (Wildman–Crippen MR) is 90.3 cm³/mol. The Bertz CT molecular complexity index is 469. The summed E-state index contributed by atoms with van der Waals surface area (Å²) in [6.45, 7) is 11.9. The molecule has 0 bridgehead atoms. The van der Waals surface area contributed by atoms with E-state index >= 15 is 0 Å². The quantitative estimate of drug-likeness (QED) is 0.810. The summed E-state index contributed by atoms with van der Waals surface area (Å²) in [7, 11) is 0. The molecule has 0 aliphatic rings. The van der Waals surface area contributed by atoms with E-state index < -0.39 is 12.5 Å². The van der Waals surface area contributed by atoms with Crippen LogP contribution in [0.25, 0.3) is 0 Å². The van der Waals surface area contributed by atoms with Gasteiger partial charge in [0.1, 0.15) is 5.75 Å². The lowest BCUT2D eigenvalue weighted by molar-refractivity contribution is 0.128. The highest BCUT2D eigenvalue weighted by molar-refractivity contribution is 5.85. The van der Waals surface area contributed by atoms with Crippen LogP contribution in [-0.4, -0.2) is 11.5 Å². The number of nitrogens with two attached hydrogens (primary N) is 1. The summed E-state index contributed by atoms with van der Waals surface area (Å²) in [5.74, 6) is 0.239. The van der Waals surface area contributed by atoms with Gasteiger partial charge in [-0.15, -0.1) is 12.4 Å². The average Bonchev–Trinajstić information content (AvgIpc) is 2.24. The Hall–Kier alpha value is -0.870. The summed E-state index contributed by atoms with van der Waals surface area (Å²) >= 11 is 0. The molecule has 5 heteroatoms. The van der Waals surface area contributed by atoms with Crippen LogP contribution in [-0.2, 0) is 10.8 Å². The highest BCUT2D eigenvalue weighted by atomic mass is 35.5. The van der Waals surface area contributed by atoms with E-state index in [0.717, 1.165) is 11.1 Å². The topological polar surface area (TPSA) is 46.2 Å². The molecule has 22 heavy (non-hydrogen) atoms. The first-order valence-electron chi connectivity index (χ1n) is 7.25. The zero-order chi connectivity index (χ0) is 16.6. The number of hydrogen-bond donors (Lipinski definition) is 2. The zero-order valence-electron chi connectivity index (χ0n) is 14.2. The minimum Gasteiger partial charge on any atom is -0.507 e. The Kier molecular flexibility index (Phi) is 6.85. The number of phenols is 1. The van der Waals surface area contributed by atoms with E-state index in [0.29, 0.717) is 5.56 Å². The molecule has 3 N–H and O–H groups in total. The number of rotatable bonds is 3. The molecular formula is C17H28ClF2NO. The van der Waals surface area contributed by atoms with Gasteiger partial charge in [-0.25, -0.2) is 8.78 Å². The van der Waals surface area contributed by atoms with E-state index in [1.165, 1.54) is 0 Å². The van der Waals surface area contributed by atoms with Crippen molar-refractivity contribution in [1.82, 2.24) is 0 Å². The second-order valence-corrected chi connectivity index (χ2v) is 7.70. The fourth-order valence-corrected chi connectivity index (χ4v) is 2.34. The Morgan fingerprint density at radius 1 is 1.00 bits per heavy atom. The van der Waals surface area contributed by atoms with E-state index in [2.05, 4.69) is 0 Å². The van der Waals surface area contributed by atoms with Crippen LogP contribution in [0, 0.1) is 0 Å². The molecule has 1 aromatic rings. The maximum Gasteiger partial charge on any atom is 0.240 e. The maximum absolute atomic E-state index is 12.6. The average molecular weight is 336 g/mol. The molecule has 0 spiro atoms. The molecule has 0 fully saturated rings. The third-order valence-corrected chi connectivity index (χ3v) is 3.61. The second-order valence-electron chi connectivity index (χ2n) is 7.70. The smallest absolute Gasteiger partial charge is 0.240 e. The van der Waals surface area contributed by atoms with Crippen LogP contribution in [0.3, 0.4) is 0 Å². The van der Waals surface area contributed by atoms with Crippen LogP contribution in [0.4, 0.5) is 8.78 Å². The van der Waals surface area contributed by atoms with Gasteiger partial charge in [-0.2, -0.15) is 0 Å². The normalized spacial score (nSPS) is 13.9. The van der Waals surface area contributed by atoms with Crippen molar-refractivity contribution in [2.45, 2.75) is 71.3 Å². The van der Waals surface area contributed by atoms with Crippen molar-refractivity contribution in [3.8, 4) is 5.75 Å². The number of alkyl halides is 2. The van der Waals surface area contributed by atoms with Crippen LogP contribution in [0.1, 0.15) is 70.7 Å². The lowest BCUT2D eigenvalue weighted by Crippen LogP contribution is -2.21. The summed E-state index contributed by atoms with van der Waals surface area (Å²) in [6.07, 6.45) is -2.82. The van der Waals surface area contributed by atoms with Crippen molar-refractivity contribution in [1.29, 1.82) is 0 Å². The highest BCUT2D eigenvalue weighted by Gasteiger charge is 2.28. The SMILES string of the molecule is CC(C)(C)c1cc([C@@H](N)CC(F)F)cc(C(C)(C)C)c1O.Cl. The zero-order valence-corrected chi connectivity index (χ0v) is 15.0. The van der Waals surface area contributed by atoms with Crippen molar-refractivity contribution >= 4 is 12.4 Å². The Morgan fingerprint density at radius 3 is 1.64 bits per heavy atom. The van der Waals surface area contributed by atoms with E-state index in [9.17, 15) is 13.9 Å². The fraction of sp³-hybridized carbons (Fsp3) is 0.647. The number of aromatic hydroxyl groups is 1. The molecule has 1 atom stereocenters. The lowest BCUT2D eigenvalue weighted by atomic mass is 9.77. The molecule has 0 aromatic heterocycles. The first kappa shape index (κ1) is 21.1. The van der Waals surface area contributed by atoms with Gasteiger partial charge in [0.15, 0.2) is 0 Å². The van der Waals surface area contributed by atoms with Gasteiger partial charge in [0, 0.05) is 12.5 Å². The molecule has 0 heterocycles. The molecule has 0 radical (unpaired) electrons. The summed E-state index contributed by atoms with van der Waals surface area (Å²) in [4.78, 5) is 0. The molecule has 0 aliphatic heterocycles. The van der Waals surface area contributed by atoms with Crippen molar-refractivity contribution in [3.05, 3.63) is 28.8 Å². The van der Waals surface area contributed by atoms with Crippen LogP contribution >= 0.6 is 12.4 Å². The Labute approximate surface area is 138 Å². The molecule has 0 saturated heterocycles. The molecule has 2 nitrogen and oxygen atoms in total. The lowest BCUT2D eigenvalue weighted by Gasteiger charge is -2.29. The van der Waals surface area contributed by atoms with Crippen molar-refractivity contribution in [2.75, 3.05) is 0 Å². The molecule has 128 valence electrons. The van der Waals surface area contributed by atoms with Gasteiger partial charge in [0.2, 0.25) is 6.43 Å². The predicted octanol–water partition coefficient (Wildman–Crippen LogP) is 5.06. The van der Waals surface area contributed by atoms with Crippen LogP contribution in [0.15, 0.2) is 12.1 Å². The molecule has 0 saturated carbocycles. The van der Waals surface area contributed by atoms with Gasteiger partial charge in [0.25, 0.3) is 0 Å². The maximum atomic E-state index is 12.6. The van der Waals surface area contributed by atoms with Gasteiger partial charge in [0.05, 0.1) is 0 Å². The molecule has 0 aliphatic carbocycles. The molecular weight excluding hydrogens is 308 g/mol. The minimum atomic E-state index is -2.44. The molecule has 0 unspecified atom stereocenters. The summed E-state index contributed by atoms with van der Waals surface area (Å²) in [5, 5.41) is 10.6. The molecule has 1 aromatic carbocycles. The third kappa shape index (κ3) is 5.10. The molecule has 1 rings (SSSR count). The highest BCUT2D eigenvalue weighted by Crippen LogP contribution is 2.41. The van der Waals surface area contributed by atoms with E-state index in [-0.39, 0.29) is 35.4 Å². The largest absolute Gasteiger partial charge is 0.507 e. The minimum absolute atomic E-state index is 0. The number of hydrogen-bond acceptors (Lipinski definition) is 2. The van der Waals surface area contributed by atoms with E-state index in [4.69, 9.17) is 5.73 Å². The van der Waals surface area contributed by atoms with Crippen molar-refractivity contribution in [3.63, 3.8) is 0 Å². The summed E-state index contributed by atoms with van der Waals surface area (Å²) in [6, 6.07) is 2.79. The third-order valence-electron chi connectivity index (χ3n) is 3.61. The van der Waals surface area contributed by atoms with E-state index in [1.54, 1.807) is 12.1 Å². The van der Waals surface area contributed by atoms with E-state index in [1.807, 2.05) is 41.5 Å². The van der Waals surface area contributed by atoms with Crippen molar-refractivity contribution in [2.24, 2.45) is 5.73 Å². The first-order valence-corrected chi connectivity index (χ1v) is 7.25. The van der Waals surface area contributed by atoms with Crippen LogP contribution in [0.2, 0.25) is 0 Å². The van der Waals surface area contributed by atoms with Gasteiger partial charge in [-0.1, -0.05) is 41.5 Å². The van der Waals surface area contributed by atoms with Crippen LogP contribution < -0.4 is 5.73 Å². The number of halogens is 3. The monoisotopic (exact) mass is 335 g/mol. The standard InChI is InChI=1S/C17H27F2NO.ClH/c1-16(2,3)11-7-10(13(20)9-14(18)19)8-12(15(11)21)17(4,5)6;/h7-8,13-14,21H,9,20H2,1-6H3;1H/t13-;/m0./s1. The Balaban J connectivity index is 0.00000441. The van der Waals surface area contributed by atoms with Gasteiger partial charge < -0.3 is 10.8 Å². The number of phenolic OH excluding ortho intramolecular Hbond substituents is 1. The summed E-state index contributed by atoms with van der Waals surface area (Å²) in [5.41, 5.74) is 7.48. The first-order chi connectivity index (χ1) is 9.34. The fourth-order valence-electron chi connectivity index (χ4n) is 2.34. The van der Waals surface area contributed by atoms with Gasteiger partial charge >= 0.3 is 0 Å². The number of benzene rings is 1. The van der Waals surface area contributed by atoms with Gasteiger partial charge in [-0.05, 0) is 39.7 Å². The second kappa shape index (κ2) is 7.14. The van der Waals surface area contributed by atoms with Crippen molar-refractivity contribution < 1.29 is 13.9 Å². The van der Waals surface area contributed by atoms with Crippen LogP contribution in [0.5, 0.6) is 5.75 Å².